The fourth-order valence-corrected chi connectivity index (χ4v) is 7.48. The fraction of sp³-hybridized carbons (Fsp3) is 0.367. The molecular formula is C30H32N2O2. The van der Waals surface area contributed by atoms with Crippen molar-refractivity contribution in [2.45, 2.75) is 37.3 Å². The van der Waals surface area contributed by atoms with E-state index in [1.54, 1.807) is 0 Å². The second kappa shape index (κ2) is 8.59. The molecule has 174 valence electrons. The maximum Gasteiger partial charge on any atom is 0.408 e. The van der Waals surface area contributed by atoms with Crippen LogP contribution in [0.15, 0.2) is 84.9 Å². The molecule has 1 aliphatic carbocycles. The van der Waals surface area contributed by atoms with Gasteiger partial charge in [-0.25, -0.2) is 4.79 Å². The van der Waals surface area contributed by atoms with Gasteiger partial charge in [0.15, 0.2) is 0 Å². The summed E-state index contributed by atoms with van der Waals surface area (Å²) in [5, 5.41) is 14.6. The molecule has 2 heterocycles. The maximum atomic E-state index is 13.3. The number of nitrogens with zero attached hydrogens (tertiary/aromatic N) is 1. The van der Waals surface area contributed by atoms with Crippen molar-refractivity contribution in [1.29, 1.82) is 0 Å². The Kier molecular flexibility index (Phi) is 5.41. The first-order valence-electron chi connectivity index (χ1n) is 12.6. The number of carboxylic acid groups (broad SMARTS) is 1. The third kappa shape index (κ3) is 3.27. The van der Waals surface area contributed by atoms with Gasteiger partial charge in [0.05, 0.1) is 0 Å². The van der Waals surface area contributed by atoms with Crippen LogP contribution in [0.25, 0.3) is 0 Å². The van der Waals surface area contributed by atoms with E-state index in [-0.39, 0.29) is 12.0 Å². The second-order valence-corrected chi connectivity index (χ2v) is 10.3. The highest BCUT2D eigenvalue weighted by molar-refractivity contribution is 5.71. The smallest absolute Gasteiger partial charge is 0.408 e. The standard InChI is InChI=1S/C30H32N2O2/c33-29(34)32-26(17-21-9-3-1-4-10-21)18-22-11-7-8-14-27(22)30(32,25-12-5-2-6-13-25)28-23-15-16-24(28)20-31-19-23/h1-14,23-24,26,28,31H,15-20H2,(H,33,34). The van der Waals surface area contributed by atoms with Crippen molar-refractivity contribution < 1.29 is 9.90 Å². The molecule has 3 aromatic rings. The number of piperidine rings is 1. The molecule has 1 saturated carbocycles. The van der Waals surface area contributed by atoms with Gasteiger partial charge in [0.25, 0.3) is 0 Å². The van der Waals surface area contributed by atoms with Gasteiger partial charge in [0, 0.05) is 6.04 Å². The average molecular weight is 453 g/mol. The van der Waals surface area contributed by atoms with E-state index < -0.39 is 11.6 Å². The fourth-order valence-electron chi connectivity index (χ4n) is 7.48. The third-order valence-corrected chi connectivity index (χ3v) is 8.58. The Morgan fingerprint density at radius 3 is 2.18 bits per heavy atom. The van der Waals surface area contributed by atoms with Gasteiger partial charge >= 0.3 is 6.09 Å². The van der Waals surface area contributed by atoms with Gasteiger partial charge in [-0.05, 0) is 78.8 Å². The van der Waals surface area contributed by atoms with Crippen LogP contribution in [0.5, 0.6) is 0 Å². The van der Waals surface area contributed by atoms with Crippen LogP contribution in [0.1, 0.15) is 35.1 Å². The molecule has 4 heteroatoms. The predicted octanol–water partition coefficient (Wildman–Crippen LogP) is 5.32. The number of fused-ring (bicyclic) bond motifs is 3. The Labute approximate surface area is 201 Å². The first-order chi connectivity index (χ1) is 16.7. The van der Waals surface area contributed by atoms with Gasteiger partial charge in [0.2, 0.25) is 0 Å². The van der Waals surface area contributed by atoms with Gasteiger partial charge < -0.3 is 10.4 Å². The second-order valence-electron chi connectivity index (χ2n) is 10.3. The SMILES string of the molecule is O=C(O)N1C(Cc2ccccc2)Cc2ccccc2C1(c1ccccc1)C1C2CCC1CNC2. The van der Waals surface area contributed by atoms with Crippen molar-refractivity contribution >= 4 is 6.09 Å². The van der Waals surface area contributed by atoms with E-state index >= 15 is 0 Å². The summed E-state index contributed by atoms with van der Waals surface area (Å²) in [6.45, 7) is 1.93. The molecule has 0 aromatic heterocycles. The number of amides is 1. The first kappa shape index (κ1) is 21.4. The van der Waals surface area contributed by atoms with E-state index in [0.29, 0.717) is 11.8 Å². The number of nitrogens with one attached hydrogen (secondary N) is 1. The Morgan fingerprint density at radius 1 is 0.882 bits per heavy atom. The van der Waals surface area contributed by atoms with Crippen LogP contribution in [-0.4, -0.2) is 35.2 Å². The average Bonchev–Trinajstić information content (AvgIpc) is 3.12. The maximum absolute atomic E-state index is 13.3. The lowest BCUT2D eigenvalue weighted by Crippen LogP contribution is -2.65. The topological polar surface area (TPSA) is 52.6 Å². The summed E-state index contributed by atoms with van der Waals surface area (Å²) in [4.78, 5) is 15.2. The van der Waals surface area contributed by atoms with E-state index in [1.807, 2.05) is 17.0 Å². The molecule has 4 nitrogen and oxygen atoms in total. The van der Waals surface area contributed by atoms with Gasteiger partial charge in [-0.3, -0.25) is 4.90 Å². The van der Waals surface area contributed by atoms with Crippen LogP contribution in [0.2, 0.25) is 0 Å². The largest absolute Gasteiger partial charge is 0.465 e. The van der Waals surface area contributed by atoms with Crippen LogP contribution in [0.3, 0.4) is 0 Å². The lowest BCUT2D eigenvalue weighted by molar-refractivity contribution is -0.0147. The summed E-state index contributed by atoms with van der Waals surface area (Å²) < 4.78 is 0. The molecule has 1 saturated heterocycles. The van der Waals surface area contributed by atoms with E-state index in [2.05, 4.69) is 78.1 Å². The van der Waals surface area contributed by atoms with Crippen LogP contribution in [0.4, 0.5) is 4.79 Å². The van der Waals surface area contributed by atoms with E-state index in [9.17, 15) is 9.90 Å². The van der Waals surface area contributed by atoms with Crippen molar-refractivity contribution in [3.63, 3.8) is 0 Å². The number of hydrogen-bond acceptors (Lipinski definition) is 2. The number of hydrogen-bond donors (Lipinski definition) is 2. The summed E-state index contributed by atoms with van der Waals surface area (Å²) in [7, 11) is 0. The molecule has 0 spiro atoms. The highest BCUT2D eigenvalue weighted by atomic mass is 16.4. The highest BCUT2D eigenvalue weighted by Gasteiger charge is 2.60. The Hall–Kier alpha value is -3.11. The van der Waals surface area contributed by atoms with Crippen molar-refractivity contribution in [1.82, 2.24) is 10.2 Å². The zero-order valence-corrected chi connectivity index (χ0v) is 19.4. The van der Waals surface area contributed by atoms with Crippen LogP contribution < -0.4 is 5.32 Å². The molecule has 1 amide bonds. The molecule has 3 aliphatic rings. The van der Waals surface area contributed by atoms with Gasteiger partial charge in [-0.15, -0.1) is 0 Å². The van der Waals surface area contributed by atoms with Gasteiger partial charge in [-0.1, -0.05) is 84.9 Å². The number of benzene rings is 3. The summed E-state index contributed by atoms with van der Waals surface area (Å²) in [6, 6.07) is 29.4. The molecule has 0 radical (unpaired) electrons. The first-order valence-corrected chi connectivity index (χ1v) is 12.6. The Morgan fingerprint density at radius 2 is 1.50 bits per heavy atom. The summed E-state index contributed by atoms with van der Waals surface area (Å²) in [5.41, 5.74) is 4.11. The van der Waals surface area contributed by atoms with Crippen molar-refractivity contribution in [2.75, 3.05) is 13.1 Å². The highest BCUT2D eigenvalue weighted by Crippen LogP contribution is 2.58. The molecule has 6 rings (SSSR count). The zero-order chi connectivity index (χ0) is 23.1. The minimum atomic E-state index is -0.808. The number of rotatable bonds is 4. The van der Waals surface area contributed by atoms with Crippen LogP contribution in [-0.2, 0) is 18.4 Å². The van der Waals surface area contributed by atoms with Crippen molar-refractivity contribution in [3.8, 4) is 0 Å². The van der Waals surface area contributed by atoms with Gasteiger partial charge in [-0.2, -0.15) is 0 Å². The van der Waals surface area contributed by atoms with Crippen molar-refractivity contribution in [2.24, 2.45) is 17.8 Å². The summed E-state index contributed by atoms with van der Waals surface area (Å²) in [5.74, 6) is 1.18. The normalized spacial score (nSPS) is 30.1. The Bertz CT molecular complexity index is 1150. The van der Waals surface area contributed by atoms with Crippen LogP contribution in [0, 0.1) is 17.8 Å². The lowest BCUT2D eigenvalue weighted by atomic mass is 9.60. The van der Waals surface area contributed by atoms with Crippen molar-refractivity contribution in [3.05, 3.63) is 107 Å². The van der Waals surface area contributed by atoms with E-state index in [1.165, 1.54) is 16.7 Å². The molecule has 2 fully saturated rings. The minimum Gasteiger partial charge on any atom is -0.465 e. The quantitative estimate of drug-likeness (QED) is 0.563. The molecule has 2 N–H and O–H groups in total. The summed E-state index contributed by atoms with van der Waals surface area (Å²) >= 11 is 0. The monoisotopic (exact) mass is 452 g/mol. The van der Waals surface area contributed by atoms with E-state index in [4.69, 9.17) is 0 Å². The zero-order valence-electron chi connectivity index (χ0n) is 19.4. The predicted molar refractivity (Wildman–Crippen MR) is 134 cm³/mol. The molecule has 3 aromatic carbocycles. The molecule has 34 heavy (non-hydrogen) atoms. The number of carbonyl (C=O) groups is 1. The van der Waals surface area contributed by atoms with Crippen LogP contribution >= 0.6 is 0 Å². The molecule has 2 aliphatic heterocycles. The molecule has 2 bridgehead atoms. The Balaban J connectivity index is 1.62. The molecule has 4 atom stereocenters. The lowest BCUT2D eigenvalue weighted by Gasteiger charge is -2.57. The van der Waals surface area contributed by atoms with Gasteiger partial charge in [0.1, 0.15) is 5.54 Å². The summed E-state index contributed by atoms with van der Waals surface area (Å²) in [6.07, 6.45) is 2.98. The molecular weight excluding hydrogens is 420 g/mol. The third-order valence-electron chi connectivity index (χ3n) is 8.58. The molecule has 4 unspecified atom stereocenters. The minimum absolute atomic E-state index is 0.121. The van der Waals surface area contributed by atoms with E-state index in [0.717, 1.165) is 44.3 Å².